The van der Waals surface area contributed by atoms with Crippen LogP contribution in [-0.4, -0.2) is 19.3 Å². The minimum Gasteiger partial charge on any atom is -0.495 e. The van der Waals surface area contributed by atoms with Crippen LogP contribution in [0.5, 0.6) is 5.75 Å². The fourth-order valence-electron chi connectivity index (χ4n) is 3.10. The molecule has 0 aliphatic carbocycles. The Hall–Kier alpha value is -2.33. The van der Waals surface area contributed by atoms with E-state index in [9.17, 15) is 0 Å². The van der Waals surface area contributed by atoms with Crippen LogP contribution >= 0.6 is 12.2 Å². The number of fused-ring (bicyclic) bond motifs is 1. The van der Waals surface area contributed by atoms with Crippen molar-refractivity contribution >= 4 is 28.0 Å². The third kappa shape index (κ3) is 2.57. The highest BCUT2D eigenvalue weighted by Crippen LogP contribution is 2.40. The topological polar surface area (TPSA) is 31.6 Å². The molecule has 1 heterocycles. The van der Waals surface area contributed by atoms with E-state index in [0.29, 0.717) is 10.8 Å². The van der Waals surface area contributed by atoms with Gasteiger partial charge in [-0.15, -0.1) is 0 Å². The summed E-state index contributed by atoms with van der Waals surface area (Å²) < 4.78 is 16.8. The van der Waals surface area contributed by atoms with E-state index < -0.39 is 0 Å². The third-order valence-corrected chi connectivity index (χ3v) is 4.67. The minimum atomic E-state index is 0.417. The fraction of sp³-hybridized carbons (Fsp3) is 0.250. The molecule has 3 aromatic rings. The molecule has 0 bridgehead atoms. The van der Waals surface area contributed by atoms with Crippen molar-refractivity contribution in [3.05, 3.63) is 53.3 Å². The Bertz CT molecular complexity index is 909. The van der Waals surface area contributed by atoms with Gasteiger partial charge in [0, 0.05) is 5.39 Å². The van der Waals surface area contributed by atoms with Crippen molar-refractivity contribution in [2.45, 2.75) is 20.3 Å². The van der Waals surface area contributed by atoms with Crippen molar-refractivity contribution < 1.29 is 13.9 Å². The van der Waals surface area contributed by atoms with Crippen LogP contribution in [0.4, 0.5) is 0 Å². The van der Waals surface area contributed by atoms with E-state index in [0.717, 1.165) is 34.2 Å². The van der Waals surface area contributed by atoms with Crippen molar-refractivity contribution in [3.8, 4) is 17.1 Å². The molecule has 0 N–H and O–H groups in total. The van der Waals surface area contributed by atoms with Crippen LogP contribution in [0.1, 0.15) is 23.6 Å². The maximum atomic E-state index is 5.80. The smallest absolute Gasteiger partial charge is 0.195 e. The Labute approximate surface area is 147 Å². The van der Waals surface area contributed by atoms with Crippen LogP contribution < -0.4 is 4.74 Å². The average molecular weight is 340 g/mol. The second kappa shape index (κ2) is 6.65. The standard InChI is InChI=1S/C20H20O3S/c1-5-13-7-6-8-15-14(13)9-10-16(18(15)21-3)19-17(20(24)22-4)12(2)11-23-19/h6-11H,5H2,1-4H3. The van der Waals surface area contributed by atoms with Gasteiger partial charge in [0.25, 0.3) is 0 Å². The molecule has 0 amide bonds. The van der Waals surface area contributed by atoms with Crippen LogP contribution in [0.25, 0.3) is 22.1 Å². The van der Waals surface area contributed by atoms with E-state index in [1.54, 1.807) is 20.5 Å². The summed E-state index contributed by atoms with van der Waals surface area (Å²) in [6.07, 6.45) is 2.67. The number of aryl methyl sites for hydroxylation is 2. The summed E-state index contributed by atoms with van der Waals surface area (Å²) in [5, 5.41) is 2.68. The first-order valence-electron chi connectivity index (χ1n) is 7.87. The van der Waals surface area contributed by atoms with E-state index in [4.69, 9.17) is 26.1 Å². The molecule has 3 nitrogen and oxygen atoms in total. The van der Waals surface area contributed by atoms with E-state index in [2.05, 4.69) is 31.2 Å². The molecule has 0 aliphatic rings. The first-order chi connectivity index (χ1) is 11.6. The molecule has 2 aromatic carbocycles. The number of hydrogen-bond donors (Lipinski definition) is 0. The normalized spacial score (nSPS) is 10.8. The van der Waals surface area contributed by atoms with E-state index >= 15 is 0 Å². The molecule has 0 spiro atoms. The Morgan fingerprint density at radius 1 is 1.12 bits per heavy atom. The first kappa shape index (κ1) is 16.5. The molecule has 4 heteroatoms. The number of rotatable bonds is 4. The van der Waals surface area contributed by atoms with Gasteiger partial charge >= 0.3 is 0 Å². The minimum absolute atomic E-state index is 0.417. The number of methoxy groups -OCH3 is 2. The van der Waals surface area contributed by atoms with Crippen molar-refractivity contribution in [2.24, 2.45) is 0 Å². The lowest BCUT2D eigenvalue weighted by Crippen LogP contribution is -2.02. The number of hydrogen-bond acceptors (Lipinski definition) is 4. The molecule has 0 radical (unpaired) electrons. The Morgan fingerprint density at radius 2 is 1.92 bits per heavy atom. The molecule has 0 fully saturated rings. The van der Waals surface area contributed by atoms with Crippen LogP contribution in [0.15, 0.2) is 41.0 Å². The predicted octanol–water partition coefficient (Wildman–Crippen LogP) is 5.30. The Morgan fingerprint density at radius 3 is 2.58 bits per heavy atom. The monoisotopic (exact) mass is 340 g/mol. The zero-order valence-corrected chi connectivity index (χ0v) is 15.1. The van der Waals surface area contributed by atoms with Gasteiger partial charge in [-0.25, -0.2) is 0 Å². The Kier molecular flexibility index (Phi) is 4.58. The molecule has 24 heavy (non-hydrogen) atoms. The Balaban J connectivity index is 2.31. The van der Waals surface area contributed by atoms with Gasteiger partial charge in [-0.1, -0.05) is 31.2 Å². The predicted molar refractivity (Wildman–Crippen MR) is 101 cm³/mol. The molecule has 1 aromatic heterocycles. The summed E-state index contributed by atoms with van der Waals surface area (Å²) in [6.45, 7) is 4.11. The lowest BCUT2D eigenvalue weighted by atomic mass is 9.97. The largest absolute Gasteiger partial charge is 0.495 e. The molecule has 0 atom stereocenters. The van der Waals surface area contributed by atoms with Gasteiger partial charge in [0.1, 0.15) is 11.5 Å². The van der Waals surface area contributed by atoms with E-state index in [-0.39, 0.29) is 0 Å². The van der Waals surface area contributed by atoms with Crippen LogP contribution in [0.2, 0.25) is 0 Å². The summed E-state index contributed by atoms with van der Waals surface area (Å²) in [7, 11) is 3.25. The van der Waals surface area contributed by atoms with Crippen LogP contribution in [0, 0.1) is 6.92 Å². The van der Waals surface area contributed by atoms with Crippen LogP contribution in [-0.2, 0) is 11.2 Å². The third-order valence-electron chi connectivity index (χ3n) is 4.30. The van der Waals surface area contributed by atoms with Gasteiger partial charge in [-0.3, -0.25) is 0 Å². The number of furan rings is 1. The summed E-state index contributed by atoms with van der Waals surface area (Å²) in [5.41, 5.74) is 3.92. The molecular formula is C20H20O3S. The molecule has 0 saturated heterocycles. The fourth-order valence-corrected chi connectivity index (χ4v) is 3.35. The lowest BCUT2D eigenvalue weighted by molar-refractivity contribution is 0.414. The summed E-state index contributed by atoms with van der Waals surface area (Å²) in [4.78, 5) is 0. The van der Waals surface area contributed by atoms with Crippen molar-refractivity contribution in [1.29, 1.82) is 0 Å². The average Bonchev–Trinajstić information content (AvgIpc) is 3.00. The quantitative estimate of drug-likeness (QED) is 0.603. The van der Waals surface area contributed by atoms with Gasteiger partial charge in [0.15, 0.2) is 5.05 Å². The summed E-state index contributed by atoms with van der Waals surface area (Å²) >= 11 is 5.34. The summed E-state index contributed by atoms with van der Waals surface area (Å²) in [6, 6.07) is 10.4. The second-order valence-electron chi connectivity index (χ2n) is 5.63. The van der Waals surface area contributed by atoms with Gasteiger partial charge in [-0.2, -0.15) is 0 Å². The van der Waals surface area contributed by atoms with Crippen molar-refractivity contribution in [3.63, 3.8) is 0 Å². The second-order valence-corrected chi connectivity index (χ2v) is 6.00. The lowest BCUT2D eigenvalue weighted by Gasteiger charge is -2.14. The first-order valence-corrected chi connectivity index (χ1v) is 8.28. The molecule has 0 unspecified atom stereocenters. The highest BCUT2D eigenvalue weighted by molar-refractivity contribution is 7.80. The van der Waals surface area contributed by atoms with Crippen molar-refractivity contribution in [1.82, 2.24) is 0 Å². The molecule has 0 saturated carbocycles. The maximum absolute atomic E-state index is 5.80. The van der Waals surface area contributed by atoms with Gasteiger partial charge in [0.05, 0.1) is 31.6 Å². The molecule has 0 aliphatic heterocycles. The van der Waals surface area contributed by atoms with Crippen molar-refractivity contribution in [2.75, 3.05) is 14.2 Å². The van der Waals surface area contributed by atoms with Gasteiger partial charge in [-0.05, 0) is 48.1 Å². The number of benzene rings is 2. The maximum Gasteiger partial charge on any atom is 0.195 e. The van der Waals surface area contributed by atoms with E-state index in [1.807, 2.05) is 13.0 Å². The summed E-state index contributed by atoms with van der Waals surface area (Å²) in [5.74, 6) is 1.47. The van der Waals surface area contributed by atoms with E-state index in [1.165, 1.54) is 10.9 Å². The number of thiocarbonyl (C=S) groups is 1. The van der Waals surface area contributed by atoms with Gasteiger partial charge in [0.2, 0.25) is 0 Å². The highest BCUT2D eigenvalue weighted by Gasteiger charge is 2.22. The molecule has 124 valence electrons. The zero-order chi connectivity index (χ0) is 17.3. The molecule has 3 rings (SSSR count). The number of ether oxygens (including phenoxy) is 2. The highest BCUT2D eigenvalue weighted by atomic mass is 32.1. The molecular weight excluding hydrogens is 320 g/mol. The SMILES string of the molecule is CCc1cccc2c(OC)c(-c3occ(C)c3C(=S)OC)ccc12. The van der Waals surface area contributed by atoms with Crippen LogP contribution in [0.3, 0.4) is 0 Å². The zero-order valence-electron chi connectivity index (χ0n) is 14.3. The van der Waals surface area contributed by atoms with Gasteiger partial charge < -0.3 is 13.9 Å².